The minimum atomic E-state index is -4.86. The van der Waals surface area contributed by atoms with Gasteiger partial charge in [0.2, 0.25) is 34.8 Å². The fourth-order valence-corrected chi connectivity index (χ4v) is 3.24. The highest BCUT2D eigenvalue weighted by Gasteiger charge is 2.36. The highest BCUT2D eigenvalue weighted by atomic mass is 31.2. The summed E-state index contributed by atoms with van der Waals surface area (Å²) in [6.45, 7) is 2.25. The first-order valence-electron chi connectivity index (χ1n) is 8.04. The molecular formula is C17H15F5NO5P. The van der Waals surface area contributed by atoms with Crippen molar-refractivity contribution >= 4 is 13.7 Å². The van der Waals surface area contributed by atoms with Crippen LogP contribution in [0, 0.1) is 29.1 Å². The molecule has 1 N–H and O–H groups in total. The first kappa shape index (κ1) is 22.6. The zero-order valence-corrected chi connectivity index (χ0v) is 15.9. The Balaban J connectivity index is 2.38. The van der Waals surface area contributed by atoms with Crippen molar-refractivity contribution in [1.29, 1.82) is 0 Å². The van der Waals surface area contributed by atoms with Crippen LogP contribution in [0.15, 0.2) is 30.3 Å². The first-order valence-corrected chi connectivity index (χ1v) is 9.58. The van der Waals surface area contributed by atoms with Crippen LogP contribution in [0.4, 0.5) is 22.0 Å². The van der Waals surface area contributed by atoms with Crippen LogP contribution in [0.3, 0.4) is 0 Å². The number of carbonyl (C=O) groups is 1. The van der Waals surface area contributed by atoms with Gasteiger partial charge in [-0.05, 0) is 26.0 Å². The molecule has 2 aromatic carbocycles. The van der Waals surface area contributed by atoms with Crippen LogP contribution in [0.1, 0.15) is 13.8 Å². The zero-order chi connectivity index (χ0) is 21.8. The fourth-order valence-electron chi connectivity index (χ4n) is 1.95. The number of hydrogen-bond donors (Lipinski definition) is 1. The summed E-state index contributed by atoms with van der Waals surface area (Å²) in [5.41, 5.74) is 0. The van der Waals surface area contributed by atoms with E-state index in [1.165, 1.54) is 38.1 Å². The number of esters is 1. The topological polar surface area (TPSA) is 73.9 Å². The summed E-state index contributed by atoms with van der Waals surface area (Å²) in [5.74, 6) is -14.6. The Morgan fingerprint density at radius 1 is 0.931 bits per heavy atom. The average Bonchev–Trinajstić information content (AvgIpc) is 2.67. The van der Waals surface area contributed by atoms with E-state index in [1.54, 1.807) is 6.07 Å². The van der Waals surface area contributed by atoms with E-state index >= 15 is 0 Å². The highest BCUT2D eigenvalue weighted by molar-refractivity contribution is 7.52. The van der Waals surface area contributed by atoms with Crippen molar-refractivity contribution in [3.8, 4) is 11.5 Å². The maximum Gasteiger partial charge on any atom is 0.513 e. The van der Waals surface area contributed by atoms with Gasteiger partial charge < -0.3 is 13.8 Å². The van der Waals surface area contributed by atoms with Gasteiger partial charge in [-0.1, -0.05) is 18.2 Å². The lowest BCUT2D eigenvalue weighted by Crippen LogP contribution is -2.28. The molecule has 2 rings (SSSR count). The minimum Gasteiger partial charge on any atom is -0.462 e. The summed E-state index contributed by atoms with van der Waals surface area (Å²) in [6.07, 6.45) is -0.533. The summed E-state index contributed by atoms with van der Waals surface area (Å²) in [7, 11) is -4.86. The molecule has 0 saturated carbocycles. The quantitative estimate of drug-likeness (QED) is 0.215. The molecule has 0 amide bonds. The fraction of sp³-hybridized carbons (Fsp3) is 0.235. The Kier molecular flexibility index (Phi) is 7.21. The smallest absolute Gasteiger partial charge is 0.462 e. The van der Waals surface area contributed by atoms with E-state index in [0.29, 0.717) is 0 Å². The summed E-state index contributed by atoms with van der Waals surface area (Å²) < 4.78 is 95.1. The molecule has 0 aliphatic rings. The Morgan fingerprint density at radius 2 is 1.45 bits per heavy atom. The normalized spacial score (nSPS) is 13.1. The molecule has 0 aliphatic heterocycles. The molecule has 0 aliphatic carbocycles. The van der Waals surface area contributed by atoms with Gasteiger partial charge >= 0.3 is 13.7 Å². The second kappa shape index (κ2) is 9.23. The number of halogens is 5. The van der Waals surface area contributed by atoms with Crippen molar-refractivity contribution in [3.63, 3.8) is 0 Å². The molecule has 29 heavy (non-hydrogen) atoms. The molecule has 158 valence electrons. The summed E-state index contributed by atoms with van der Waals surface area (Å²) in [5, 5.41) is 1.97. The lowest BCUT2D eigenvalue weighted by molar-refractivity contribution is -0.145. The Morgan fingerprint density at radius 3 is 1.97 bits per heavy atom. The molecule has 1 atom stereocenters. The number of rotatable bonds is 8. The minimum absolute atomic E-state index is 0.135. The molecule has 12 heteroatoms. The van der Waals surface area contributed by atoms with Crippen molar-refractivity contribution in [2.75, 3.05) is 6.54 Å². The maximum atomic E-state index is 13.9. The van der Waals surface area contributed by atoms with Crippen molar-refractivity contribution in [2.24, 2.45) is 0 Å². The van der Waals surface area contributed by atoms with Crippen molar-refractivity contribution in [1.82, 2.24) is 5.09 Å². The van der Waals surface area contributed by atoms with Gasteiger partial charge in [0.25, 0.3) is 0 Å². The van der Waals surface area contributed by atoms with Gasteiger partial charge in [-0.25, -0.2) is 17.7 Å². The zero-order valence-electron chi connectivity index (χ0n) is 15.0. The Hall–Kier alpha value is -2.65. The van der Waals surface area contributed by atoms with Crippen LogP contribution in [0.25, 0.3) is 0 Å². The summed E-state index contributed by atoms with van der Waals surface area (Å²) in [4.78, 5) is 11.7. The monoisotopic (exact) mass is 439 g/mol. The second-order valence-corrected chi connectivity index (χ2v) is 7.44. The van der Waals surface area contributed by atoms with Gasteiger partial charge in [-0.2, -0.15) is 13.9 Å². The SMILES string of the molecule is CC(C)OC(=O)CNP(=O)(Oc1ccccc1)Oc1c(F)c(F)c(F)c(F)c1F. The molecule has 0 aromatic heterocycles. The molecule has 0 radical (unpaired) electrons. The number of benzene rings is 2. The largest absolute Gasteiger partial charge is 0.513 e. The third-order valence-corrected chi connectivity index (χ3v) is 4.55. The van der Waals surface area contributed by atoms with Crippen molar-refractivity contribution in [2.45, 2.75) is 20.0 Å². The van der Waals surface area contributed by atoms with Crippen LogP contribution in [-0.2, 0) is 14.1 Å². The van der Waals surface area contributed by atoms with E-state index in [1.807, 2.05) is 5.09 Å². The molecule has 0 heterocycles. The van der Waals surface area contributed by atoms with Gasteiger partial charge in [0.1, 0.15) is 12.3 Å². The number of ether oxygens (including phenoxy) is 1. The molecular weight excluding hydrogens is 424 g/mol. The standard InChI is InChI=1S/C17H15F5NO5P/c1-9(2)26-11(24)8-23-29(25,27-10-6-4-3-5-7-10)28-17-15(21)13(19)12(18)14(20)16(17)22/h3-7,9H,8H2,1-2H3,(H,23,25). The lowest BCUT2D eigenvalue weighted by Gasteiger charge is -2.21. The maximum absolute atomic E-state index is 13.9. The predicted molar refractivity (Wildman–Crippen MR) is 90.8 cm³/mol. The van der Waals surface area contributed by atoms with E-state index in [-0.39, 0.29) is 5.75 Å². The van der Waals surface area contributed by atoms with Gasteiger partial charge in [-0.15, -0.1) is 0 Å². The van der Waals surface area contributed by atoms with Crippen LogP contribution in [-0.4, -0.2) is 18.6 Å². The molecule has 2 aromatic rings. The molecule has 0 bridgehead atoms. The summed E-state index contributed by atoms with van der Waals surface area (Å²) in [6, 6.07) is 7.03. The average molecular weight is 439 g/mol. The Bertz CT molecular complexity index is 913. The third-order valence-electron chi connectivity index (χ3n) is 3.13. The van der Waals surface area contributed by atoms with Crippen LogP contribution >= 0.6 is 7.75 Å². The highest BCUT2D eigenvalue weighted by Crippen LogP contribution is 2.47. The summed E-state index contributed by atoms with van der Waals surface area (Å²) >= 11 is 0. The predicted octanol–water partition coefficient (Wildman–Crippen LogP) is 4.49. The number of hydrogen-bond acceptors (Lipinski definition) is 5. The van der Waals surface area contributed by atoms with Gasteiger partial charge in [0, 0.05) is 0 Å². The third kappa shape index (κ3) is 5.68. The number of nitrogens with one attached hydrogen (secondary N) is 1. The lowest BCUT2D eigenvalue weighted by atomic mass is 10.3. The second-order valence-electron chi connectivity index (χ2n) is 5.77. The van der Waals surface area contributed by atoms with Crippen LogP contribution in [0.5, 0.6) is 11.5 Å². The molecule has 0 spiro atoms. The van der Waals surface area contributed by atoms with E-state index in [2.05, 4.69) is 4.52 Å². The number of para-hydroxylation sites is 1. The van der Waals surface area contributed by atoms with Gasteiger partial charge in [0.15, 0.2) is 0 Å². The molecule has 0 fully saturated rings. The van der Waals surface area contributed by atoms with E-state index < -0.39 is 61.2 Å². The van der Waals surface area contributed by atoms with Crippen molar-refractivity contribution in [3.05, 3.63) is 59.4 Å². The van der Waals surface area contributed by atoms with Crippen LogP contribution < -0.4 is 14.1 Å². The van der Waals surface area contributed by atoms with Crippen molar-refractivity contribution < 1.29 is 45.1 Å². The number of carbonyl (C=O) groups excluding carboxylic acids is 1. The van der Waals surface area contributed by atoms with E-state index in [0.717, 1.165) is 0 Å². The first-order chi connectivity index (χ1) is 13.5. The van der Waals surface area contributed by atoms with Crippen LogP contribution in [0.2, 0.25) is 0 Å². The van der Waals surface area contributed by atoms with E-state index in [9.17, 15) is 31.3 Å². The Labute approximate surface area is 162 Å². The van der Waals surface area contributed by atoms with Gasteiger partial charge in [-0.3, -0.25) is 4.79 Å². The molecule has 6 nitrogen and oxygen atoms in total. The molecule has 1 unspecified atom stereocenters. The molecule has 0 saturated heterocycles. The van der Waals surface area contributed by atoms with E-state index in [4.69, 9.17) is 9.26 Å². The van der Waals surface area contributed by atoms with Gasteiger partial charge in [0.05, 0.1) is 6.10 Å².